The van der Waals surface area contributed by atoms with E-state index in [1.807, 2.05) is 0 Å². The summed E-state index contributed by atoms with van der Waals surface area (Å²) in [5, 5.41) is 0. The van der Waals surface area contributed by atoms with Crippen LogP contribution < -0.4 is 0 Å². The van der Waals surface area contributed by atoms with Crippen LogP contribution in [-0.4, -0.2) is 37.2 Å². The third kappa shape index (κ3) is 46.3. The number of allylic oxidation sites excluding steroid dienone is 8. The monoisotopic (exact) mass is 827 g/mol. The zero-order chi connectivity index (χ0) is 43.0. The molecule has 0 N–H and O–H groups in total. The second kappa shape index (κ2) is 48.0. The summed E-state index contributed by atoms with van der Waals surface area (Å²) in [6, 6.07) is 0. The quantitative estimate of drug-likeness (QED) is 0.0263. The van der Waals surface area contributed by atoms with Gasteiger partial charge in [0.25, 0.3) is 0 Å². The fraction of sp³-hybridized carbons (Fsp3) is 0.792. The van der Waals surface area contributed by atoms with Crippen LogP contribution in [0.1, 0.15) is 252 Å². The van der Waals surface area contributed by atoms with Crippen molar-refractivity contribution in [1.29, 1.82) is 0 Å². The molecule has 0 aromatic carbocycles. The highest BCUT2D eigenvalue weighted by Gasteiger charge is 2.19. The van der Waals surface area contributed by atoms with Crippen molar-refractivity contribution in [1.82, 2.24) is 0 Å². The van der Waals surface area contributed by atoms with Gasteiger partial charge >= 0.3 is 17.9 Å². The fourth-order valence-electron chi connectivity index (χ4n) is 7.04. The summed E-state index contributed by atoms with van der Waals surface area (Å²) >= 11 is 0. The van der Waals surface area contributed by atoms with Gasteiger partial charge in [0.15, 0.2) is 6.10 Å². The van der Waals surface area contributed by atoms with Crippen LogP contribution in [0, 0.1) is 0 Å². The van der Waals surface area contributed by atoms with Crippen LogP contribution in [0.4, 0.5) is 0 Å². The van der Waals surface area contributed by atoms with E-state index in [1.165, 1.54) is 109 Å². The predicted molar refractivity (Wildman–Crippen MR) is 252 cm³/mol. The standard InChI is InChI=1S/C53H94O6/c1-4-7-10-13-15-17-19-21-23-24-25-26-27-28-30-31-33-35-37-40-43-46-52(55)58-49-50(48-57-51(54)45-42-39-12-9-6-3)59-53(56)47-44-41-38-36-34-32-29-22-20-18-16-14-11-8-5-2/h8,11,16,18,22,24-25,29,50H,4-7,9-10,12-15,17,19-21,23,26-28,30-49H2,1-3H3/b11-8-,18-16-,25-24-,29-22-. The number of ether oxygens (including phenoxy) is 3. The maximum absolute atomic E-state index is 12.7. The van der Waals surface area contributed by atoms with Crippen LogP contribution in [0.25, 0.3) is 0 Å². The summed E-state index contributed by atoms with van der Waals surface area (Å²) < 4.78 is 16.6. The number of hydrogen-bond donors (Lipinski definition) is 0. The van der Waals surface area contributed by atoms with Gasteiger partial charge in [-0.2, -0.15) is 0 Å². The van der Waals surface area contributed by atoms with Gasteiger partial charge in [-0.15, -0.1) is 0 Å². The lowest BCUT2D eigenvalue weighted by atomic mass is 10.1. The molecule has 0 aliphatic rings. The van der Waals surface area contributed by atoms with Crippen molar-refractivity contribution < 1.29 is 28.6 Å². The molecule has 0 amide bonds. The molecule has 0 fully saturated rings. The summed E-state index contributed by atoms with van der Waals surface area (Å²) in [6.07, 6.45) is 57.1. The highest BCUT2D eigenvalue weighted by atomic mass is 16.6. The molecule has 0 aliphatic heterocycles. The van der Waals surface area contributed by atoms with Gasteiger partial charge in [0.05, 0.1) is 0 Å². The summed E-state index contributed by atoms with van der Waals surface area (Å²) in [7, 11) is 0. The molecule has 6 heteroatoms. The molecular weight excluding hydrogens is 733 g/mol. The topological polar surface area (TPSA) is 78.9 Å². The minimum Gasteiger partial charge on any atom is -0.462 e. The van der Waals surface area contributed by atoms with E-state index in [0.717, 1.165) is 103 Å². The Hall–Kier alpha value is -2.63. The Labute approximate surface area is 365 Å². The second-order valence-corrected chi connectivity index (χ2v) is 16.7. The first kappa shape index (κ1) is 56.4. The van der Waals surface area contributed by atoms with E-state index in [0.29, 0.717) is 19.3 Å². The zero-order valence-corrected chi connectivity index (χ0v) is 39.0. The molecule has 59 heavy (non-hydrogen) atoms. The van der Waals surface area contributed by atoms with Gasteiger partial charge in [-0.1, -0.05) is 204 Å². The van der Waals surface area contributed by atoms with Crippen molar-refractivity contribution >= 4 is 17.9 Å². The van der Waals surface area contributed by atoms with E-state index < -0.39 is 6.10 Å². The number of esters is 3. The Kier molecular flexibility index (Phi) is 45.9. The molecule has 0 aromatic rings. The van der Waals surface area contributed by atoms with Crippen molar-refractivity contribution in [2.45, 2.75) is 258 Å². The lowest BCUT2D eigenvalue weighted by molar-refractivity contribution is -0.167. The molecule has 0 bridgehead atoms. The van der Waals surface area contributed by atoms with Crippen LogP contribution >= 0.6 is 0 Å². The van der Waals surface area contributed by atoms with E-state index in [9.17, 15) is 14.4 Å². The molecule has 0 aliphatic carbocycles. The summed E-state index contributed by atoms with van der Waals surface area (Å²) in [6.45, 7) is 6.43. The Bertz CT molecular complexity index is 1040. The number of carbonyl (C=O) groups excluding carboxylic acids is 3. The zero-order valence-electron chi connectivity index (χ0n) is 39.0. The average molecular weight is 827 g/mol. The summed E-state index contributed by atoms with van der Waals surface area (Å²) in [5.74, 6) is -0.910. The molecule has 0 spiro atoms. The SMILES string of the molecule is CC/C=C\C/C=C\C/C=C\CCCCCCCC(=O)OC(COC(=O)CCCCCCC)COC(=O)CCCCCCCCCCC/C=C\CCCCCCCCCC. The molecule has 0 saturated carbocycles. The normalized spacial score (nSPS) is 12.4. The van der Waals surface area contributed by atoms with Crippen molar-refractivity contribution in [3.8, 4) is 0 Å². The highest BCUT2D eigenvalue weighted by Crippen LogP contribution is 2.15. The molecule has 0 saturated heterocycles. The van der Waals surface area contributed by atoms with Crippen LogP contribution in [-0.2, 0) is 28.6 Å². The summed E-state index contributed by atoms with van der Waals surface area (Å²) in [4.78, 5) is 37.6. The molecule has 1 unspecified atom stereocenters. The first-order chi connectivity index (χ1) is 29.0. The smallest absolute Gasteiger partial charge is 0.306 e. The molecule has 0 aromatic heterocycles. The second-order valence-electron chi connectivity index (χ2n) is 16.7. The number of carbonyl (C=O) groups is 3. The van der Waals surface area contributed by atoms with Crippen molar-refractivity contribution in [3.05, 3.63) is 48.6 Å². The molecule has 0 radical (unpaired) electrons. The summed E-state index contributed by atoms with van der Waals surface area (Å²) in [5.41, 5.74) is 0. The molecular formula is C53H94O6. The number of rotatable bonds is 45. The van der Waals surface area contributed by atoms with Gasteiger partial charge in [0, 0.05) is 19.3 Å². The van der Waals surface area contributed by atoms with E-state index in [-0.39, 0.29) is 31.1 Å². The minimum absolute atomic E-state index is 0.0807. The Morgan fingerprint density at radius 3 is 1.05 bits per heavy atom. The lowest BCUT2D eigenvalue weighted by Crippen LogP contribution is -2.30. The molecule has 6 nitrogen and oxygen atoms in total. The van der Waals surface area contributed by atoms with Crippen molar-refractivity contribution in [3.63, 3.8) is 0 Å². The highest BCUT2D eigenvalue weighted by molar-refractivity contribution is 5.71. The first-order valence-electron chi connectivity index (χ1n) is 25.1. The van der Waals surface area contributed by atoms with E-state index in [2.05, 4.69) is 69.4 Å². The van der Waals surface area contributed by atoms with Gasteiger partial charge < -0.3 is 14.2 Å². The average Bonchev–Trinajstić information content (AvgIpc) is 3.23. The van der Waals surface area contributed by atoms with E-state index in [4.69, 9.17) is 14.2 Å². The molecule has 0 heterocycles. The number of hydrogen-bond acceptors (Lipinski definition) is 6. The molecule has 342 valence electrons. The largest absolute Gasteiger partial charge is 0.462 e. The van der Waals surface area contributed by atoms with Crippen LogP contribution in [0.2, 0.25) is 0 Å². The van der Waals surface area contributed by atoms with Gasteiger partial charge in [0.2, 0.25) is 0 Å². The van der Waals surface area contributed by atoms with Crippen LogP contribution in [0.3, 0.4) is 0 Å². The molecule has 1 atom stereocenters. The van der Waals surface area contributed by atoms with Crippen LogP contribution in [0.15, 0.2) is 48.6 Å². The van der Waals surface area contributed by atoms with Gasteiger partial charge in [0.1, 0.15) is 13.2 Å². The van der Waals surface area contributed by atoms with Gasteiger partial charge in [-0.25, -0.2) is 0 Å². The Balaban J connectivity index is 4.15. The third-order valence-corrected chi connectivity index (χ3v) is 10.8. The molecule has 0 rings (SSSR count). The Morgan fingerprint density at radius 2 is 0.661 bits per heavy atom. The predicted octanol–water partition coefficient (Wildman–Crippen LogP) is 16.3. The van der Waals surface area contributed by atoms with Gasteiger partial charge in [-0.05, 0) is 77.0 Å². The Morgan fingerprint density at radius 1 is 0.356 bits per heavy atom. The number of unbranched alkanes of at least 4 members (excludes halogenated alkanes) is 26. The van der Waals surface area contributed by atoms with Crippen molar-refractivity contribution in [2.75, 3.05) is 13.2 Å². The van der Waals surface area contributed by atoms with E-state index >= 15 is 0 Å². The van der Waals surface area contributed by atoms with E-state index in [1.54, 1.807) is 0 Å². The van der Waals surface area contributed by atoms with Crippen LogP contribution in [0.5, 0.6) is 0 Å². The maximum atomic E-state index is 12.7. The van der Waals surface area contributed by atoms with Gasteiger partial charge in [-0.3, -0.25) is 14.4 Å². The minimum atomic E-state index is -0.777. The first-order valence-corrected chi connectivity index (χ1v) is 25.1. The lowest BCUT2D eigenvalue weighted by Gasteiger charge is -2.18. The maximum Gasteiger partial charge on any atom is 0.306 e. The third-order valence-electron chi connectivity index (χ3n) is 10.8. The van der Waals surface area contributed by atoms with Crippen molar-refractivity contribution in [2.24, 2.45) is 0 Å². The fourth-order valence-corrected chi connectivity index (χ4v) is 7.04.